The molecule has 3 rings (SSSR count). The van der Waals surface area contributed by atoms with Gasteiger partial charge in [0.2, 0.25) is 0 Å². The molecule has 0 saturated carbocycles. The van der Waals surface area contributed by atoms with Crippen molar-refractivity contribution < 1.29 is 5.11 Å². The van der Waals surface area contributed by atoms with E-state index in [0.29, 0.717) is 0 Å². The molecule has 0 bridgehead atoms. The summed E-state index contributed by atoms with van der Waals surface area (Å²) in [6.45, 7) is 3.80. The molecule has 0 aromatic carbocycles. The number of hydrogen-bond donors (Lipinski definition) is 1. The lowest BCUT2D eigenvalue weighted by Gasteiger charge is -2.37. The van der Waals surface area contributed by atoms with Crippen LogP contribution in [0.25, 0.3) is 5.82 Å². The molecule has 1 fully saturated rings. The van der Waals surface area contributed by atoms with E-state index < -0.39 is 0 Å². The number of piperidine rings is 1. The Bertz CT molecular complexity index is 550. The van der Waals surface area contributed by atoms with Crippen molar-refractivity contribution >= 4 is 0 Å². The van der Waals surface area contributed by atoms with Crippen LogP contribution in [0.1, 0.15) is 31.7 Å². The average molecular weight is 286 g/mol. The number of rotatable bonds is 4. The molecule has 0 aliphatic carbocycles. The molecule has 1 aliphatic rings. The average Bonchev–Trinajstić information content (AvgIpc) is 3.03. The monoisotopic (exact) mass is 286 g/mol. The fraction of sp³-hybridized carbons (Fsp3) is 0.500. The van der Waals surface area contributed by atoms with Crippen LogP contribution in [0.3, 0.4) is 0 Å². The minimum atomic E-state index is -0.275. The highest BCUT2D eigenvalue weighted by molar-refractivity contribution is 5.25. The molecule has 0 spiro atoms. The van der Waals surface area contributed by atoms with Crippen LogP contribution in [-0.4, -0.2) is 43.2 Å². The first-order valence-corrected chi connectivity index (χ1v) is 7.59. The van der Waals surface area contributed by atoms with Gasteiger partial charge < -0.3 is 5.11 Å². The summed E-state index contributed by atoms with van der Waals surface area (Å²) in [5.41, 5.74) is 1.19. The second-order valence-electron chi connectivity index (χ2n) is 5.77. The van der Waals surface area contributed by atoms with Crippen molar-refractivity contribution in [3.63, 3.8) is 0 Å². The first-order valence-electron chi connectivity index (χ1n) is 7.59. The molecule has 5 nitrogen and oxygen atoms in total. The van der Waals surface area contributed by atoms with Crippen molar-refractivity contribution in [1.29, 1.82) is 0 Å². The van der Waals surface area contributed by atoms with E-state index in [2.05, 4.69) is 20.9 Å². The molecule has 2 atom stereocenters. The minimum absolute atomic E-state index is 0.270. The normalized spacial score (nSPS) is 21.3. The summed E-state index contributed by atoms with van der Waals surface area (Å²) in [4.78, 5) is 10.9. The first kappa shape index (κ1) is 14.2. The minimum Gasteiger partial charge on any atom is -0.392 e. The van der Waals surface area contributed by atoms with Gasteiger partial charge in [-0.3, -0.25) is 9.47 Å². The zero-order valence-electron chi connectivity index (χ0n) is 12.4. The summed E-state index contributed by atoms with van der Waals surface area (Å²) in [5, 5.41) is 9.93. The number of pyridine rings is 1. The van der Waals surface area contributed by atoms with Crippen molar-refractivity contribution in [2.75, 3.05) is 6.54 Å². The summed E-state index contributed by atoms with van der Waals surface area (Å²) in [6.07, 6.45) is 10.5. The lowest BCUT2D eigenvalue weighted by atomic mass is 9.97. The predicted molar refractivity (Wildman–Crippen MR) is 81.1 cm³/mol. The van der Waals surface area contributed by atoms with Gasteiger partial charge in [0.25, 0.3) is 0 Å². The van der Waals surface area contributed by atoms with Crippen molar-refractivity contribution in [3.8, 4) is 5.82 Å². The van der Waals surface area contributed by atoms with Crippen LogP contribution >= 0.6 is 0 Å². The molecule has 1 saturated heterocycles. The quantitative estimate of drug-likeness (QED) is 0.934. The third-order valence-corrected chi connectivity index (χ3v) is 4.18. The number of aromatic nitrogens is 3. The SMILES string of the molecule is CC(O)C1CCCCN1Cc1ccc(-n2ccnc2)nc1. The lowest BCUT2D eigenvalue weighted by molar-refractivity contribution is 0.0316. The highest BCUT2D eigenvalue weighted by Crippen LogP contribution is 2.22. The molecule has 0 amide bonds. The maximum atomic E-state index is 9.93. The van der Waals surface area contributed by atoms with Gasteiger partial charge in [-0.05, 0) is 37.9 Å². The smallest absolute Gasteiger partial charge is 0.137 e. The number of aliphatic hydroxyl groups is 1. The third kappa shape index (κ3) is 3.31. The third-order valence-electron chi connectivity index (χ3n) is 4.18. The molecule has 1 N–H and O–H groups in total. The first-order chi connectivity index (χ1) is 10.2. The molecule has 1 aliphatic heterocycles. The van der Waals surface area contributed by atoms with Gasteiger partial charge in [-0.25, -0.2) is 9.97 Å². The maximum Gasteiger partial charge on any atom is 0.137 e. The highest BCUT2D eigenvalue weighted by Gasteiger charge is 2.26. The number of imidazole rings is 1. The van der Waals surface area contributed by atoms with E-state index >= 15 is 0 Å². The van der Waals surface area contributed by atoms with E-state index in [9.17, 15) is 5.11 Å². The second kappa shape index (κ2) is 6.37. The summed E-state index contributed by atoms with van der Waals surface area (Å²) < 4.78 is 1.89. The van der Waals surface area contributed by atoms with Crippen molar-refractivity contribution in [2.45, 2.75) is 44.9 Å². The van der Waals surface area contributed by atoms with Gasteiger partial charge in [-0.15, -0.1) is 0 Å². The molecule has 112 valence electrons. The molecule has 2 aromatic heterocycles. The Balaban J connectivity index is 1.69. The topological polar surface area (TPSA) is 54.2 Å². The second-order valence-corrected chi connectivity index (χ2v) is 5.77. The van der Waals surface area contributed by atoms with Crippen LogP contribution in [0, 0.1) is 0 Å². The van der Waals surface area contributed by atoms with Crippen molar-refractivity contribution in [2.24, 2.45) is 0 Å². The van der Waals surface area contributed by atoms with Gasteiger partial charge in [0.1, 0.15) is 12.1 Å². The standard InChI is InChI=1S/C16H22N4O/c1-13(21)15-4-2-3-8-19(15)11-14-5-6-16(18-10-14)20-9-7-17-12-20/h5-7,9-10,12-13,15,21H,2-4,8,11H2,1H3. The summed E-state index contributed by atoms with van der Waals surface area (Å²) in [6, 6.07) is 4.39. The van der Waals surface area contributed by atoms with Gasteiger partial charge in [0, 0.05) is 31.2 Å². The van der Waals surface area contributed by atoms with E-state index in [4.69, 9.17) is 0 Å². The van der Waals surface area contributed by atoms with Crippen LogP contribution in [0.5, 0.6) is 0 Å². The predicted octanol–water partition coefficient (Wildman–Crippen LogP) is 2.00. The molecule has 3 heterocycles. The maximum absolute atomic E-state index is 9.93. The number of aliphatic hydroxyl groups excluding tert-OH is 1. The summed E-state index contributed by atoms with van der Waals surface area (Å²) in [7, 11) is 0. The Morgan fingerprint density at radius 2 is 2.29 bits per heavy atom. The zero-order valence-corrected chi connectivity index (χ0v) is 12.4. The fourth-order valence-electron chi connectivity index (χ4n) is 3.05. The van der Waals surface area contributed by atoms with Crippen molar-refractivity contribution in [1.82, 2.24) is 19.4 Å². The van der Waals surface area contributed by atoms with Crippen LogP contribution < -0.4 is 0 Å². The Morgan fingerprint density at radius 1 is 1.38 bits per heavy atom. The van der Waals surface area contributed by atoms with E-state index in [1.165, 1.54) is 18.4 Å². The molecule has 5 heteroatoms. The van der Waals surface area contributed by atoms with Gasteiger partial charge in [-0.2, -0.15) is 0 Å². The van der Waals surface area contributed by atoms with Crippen LogP contribution in [0.4, 0.5) is 0 Å². The molecule has 0 radical (unpaired) electrons. The Labute approximate surface area is 125 Å². The molecule has 2 unspecified atom stereocenters. The van der Waals surface area contributed by atoms with Crippen molar-refractivity contribution in [3.05, 3.63) is 42.6 Å². The molecular formula is C16H22N4O. The Hall–Kier alpha value is -1.72. The van der Waals surface area contributed by atoms with E-state index in [1.54, 1.807) is 12.5 Å². The number of likely N-dealkylation sites (tertiary alicyclic amines) is 1. The van der Waals surface area contributed by atoms with Gasteiger partial charge in [-0.1, -0.05) is 12.5 Å². The Kier molecular flexibility index (Phi) is 4.31. The largest absolute Gasteiger partial charge is 0.392 e. The zero-order chi connectivity index (χ0) is 14.7. The van der Waals surface area contributed by atoms with Gasteiger partial charge in [0.15, 0.2) is 0 Å². The van der Waals surface area contributed by atoms with Crippen LogP contribution in [-0.2, 0) is 6.54 Å². The van der Waals surface area contributed by atoms with Crippen LogP contribution in [0.2, 0.25) is 0 Å². The van der Waals surface area contributed by atoms with E-state index in [-0.39, 0.29) is 12.1 Å². The highest BCUT2D eigenvalue weighted by atomic mass is 16.3. The fourth-order valence-corrected chi connectivity index (χ4v) is 3.05. The summed E-state index contributed by atoms with van der Waals surface area (Å²) in [5.74, 6) is 0.877. The summed E-state index contributed by atoms with van der Waals surface area (Å²) >= 11 is 0. The number of nitrogens with zero attached hydrogens (tertiary/aromatic N) is 4. The molecular weight excluding hydrogens is 264 g/mol. The molecule has 2 aromatic rings. The van der Waals surface area contributed by atoms with Gasteiger partial charge in [0.05, 0.1) is 6.10 Å². The van der Waals surface area contributed by atoms with Crippen LogP contribution in [0.15, 0.2) is 37.1 Å². The van der Waals surface area contributed by atoms with E-state index in [0.717, 1.165) is 25.3 Å². The Morgan fingerprint density at radius 3 is 2.95 bits per heavy atom. The lowest BCUT2D eigenvalue weighted by Crippen LogP contribution is -2.45. The van der Waals surface area contributed by atoms with Gasteiger partial charge >= 0.3 is 0 Å². The van der Waals surface area contributed by atoms with E-state index in [1.807, 2.05) is 30.0 Å². The molecule has 21 heavy (non-hydrogen) atoms. The number of hydrogen-bond acceptors (Lipinski definition) is 4.